The number of furan rings is 2. The van der Waals surface area contributed by atoms with Gasteiger partial charge in [0.25, 0.3) is 5.91 Å². The lowest BCUT2D eigenvalue weighted by Gasteiger charge is -2.08. The van der Waals surface area contributed by atoms with Gasteiger partial charge >= 0.3 is 0 Å². The molecule has 0 aliphatic rings. The average Bonchev–Trinajstić information content (AvgIpc) is 3.20. The van der Waals surface area contributed by atoms with Gasteiger partial charge in [0.05, 0.1) is 5.69 Å². The number of para-hydroxylation sites is 2. The predicted octanol–water partition coefficient (Wildman–Crippen LogP) is 5.56. The summed E-state index contributed by atoms with van der Waals surface area (Å²) >= 11 is 0. The second-order valence-corrected chi connectivity index (χ2v) is 5.96. The summed E-state index contributed by atoms with van der Waals surface area (Å²) in [6, 6.07) is 19.0. The van der Waals surface area contributed by atoms with Crippen molar-refractivity contribution in [3.63, 3.8) is 0 Å². The fourth-order valence-electron chi connectivity index (χ4n) is 2.96. The molecule has 0 unspecified atom stereocenters. The number of benzene rings is 2. The molecule has 4 rings (SSSR count). The maximum atomic E-state index is 12.8. The molecule has 0 spiro atoms. The first-order valence-electron chi connectivity index (χ1n) is 8.09. The highest BCUT2D eigenvalue weighted by molar-refractivity contribution is 6.07. The highest BCUT2D eigenvalue weighted by Gasteiger charge is 2.19. The molecule has 0 saturated carbocycles. The molecule has 0 aliphatic carbocycles. The molecule has 2 aromatic heterocycles. The van der Waals surface area contributed by atoms with Gasteiger partial charge in [-0.2, -0.15) is 0 Å². The second-order valence-electron chi connectivity index (χ2n) is 5.96. The van der Waals surface area contributed by atoms with E-state index >= 15 is 0 Å². The van der Waals surface area contributed by atoms with E-state index in [4.69, 9.17) is 8.83 Å². The Bertz CT molecular complexity index is 1070. The molecule has 2 aromatic carbocycles. The van der Waals surface area contributed by atoms with Crippen LogP contribution in [0.5, 0.6) is 0 Å². The van der Waals surface area contributed by atoms with Crippen LogP contribution in [-0.4, -0.2) is 5.91 Å². The van der Waals surface area contributed by atoms with Gasteiger partial charge in [-0.1, -0.05) is 30.3 Å². The molecule has 0 radical (unpaired) electrons. The lowest BCUT2D eigenvalue weighted by Crippen LogP contribution is -2.12. The summed E-state index contributed by atoms with van der Waals surface area (Å²) in [6.45, 7) is 3.78. The Hall–Kier alpha value is -3.27. The van der Waals surface area contributed by atoms with Gasteiger partial charge in [-0.05, 0) is 44.2 Å². The lowest BCUT2D eigenvalue weighted by molar-refractivity contribution is 0.0998. The van der Waals surface area contributed by atoms with E-state index in [1.807, 2.05) is 74.5 Å². The Morgan fingerprint density at radius 1 is 0.880 bits per heavy atom. The fourth-order valence-corrected chi connectivity index (χ4v) is 2.96. The van der Waals surface area contributed by atoms with Gasteiger partial charge in [-0.3, -0.25) is 4.79 Å². The van der Waals surface area contributed by atoms with Crippen molar-refractivity contribution in [2.45, 2.75) is 13.8 Å². The molecule has 1 amide bonds. The molecule has 0 fully saturated rings. The average molecular weight is 331 g/mol. The van der Waals surface area contributed by atoms with E-state index in [0.29, 0.717) is 17.0 Å². The first kappa shape index (κ1) is 15.3. The Morgan fingerprint density at radius 3 is 2.40 bits per heavy atom. The Balaban J connectivity index is 1.70. The monoisotopic (exact) mass is 331 g/mol. The highest BCUT2D eigenvalue weighted by atomic mass is 16.3. The van der Waals surface area contributed by atoms with E-state index in [2.05, 4.69) is 5.32 Å². The number of hydrogen-bond acceptors (Lipinski definition) is 3. The van der Waals surface area contributed by atoms with Crippen LogP contribution in [0.2, 0.25) is 0 Å². The number of fused-ring (bicyclic) bond motifs is 1. The van der Waals surface area contributed by atoms with Crippen LogP contribution in [-0.2, 0) is 0 Å². The smallest absolute Gasteiger partial charge is 0.291 e. The van der Waals surface area contributed by atoms with Crippen molar-refractivity contribution in [3.8, 4) is 11.3 Å². The van der Waals surface area contributed by atoms with Gasteiger partial charge in [0.2, 0.25) is 0 Å². The van der Waals surface area contributed by atoms with Gasteiger partial charge in [0.15, 0.2) is 5.76 Å². The van der Waals surface area contributed by atoms with Gasteiger partial charge in [0, 0.05) is 16.5 Å². The summed E-state index contributed by atoms with van der Waals surface area (Å²) in [5.41, 5.74) is 3.05. The van der Waals surface area contributed by atoms with Crippen LogP contribution in [0.3, 0.4) is 0 Å². The van der Waals surface area contributed by atoms with Crippen LogP contribution in [0, 0.1) is 13.8 Å². The van der Waals surface area contributed by atoms with Crippen molar-refractivity contribution in [2.75, 3.05) is 5.32 Å². The molecule has 4 nitrogen and oxygen atoms in total. The predicted molar refractivity (Wildman–Crippen MR) is 97.8 cm³/mol. The topological polar surface area (TPSA) is 55.4 Å². The summed E-state index contributed by atoms with van der Waals surface area (Å²) in [5.74, 6) is 1.59. The van der Waals surface area contributed by atoms with Crippen molar-refractivity contribution < 1.29 is 13.6 Å². The Morgan fingerprint density at radius 2 is 1.64 bits per heavy atom. The van der Waals surface area contributed by atoms with Gasteiger partial charge in [-0.25, -0.2) is 0 Å². The number of anilines is 1. The number of aryl methyl sites for hydroxylation is 2. The summed E-state index contributed by atoms with van der Waals surface area (Å²) in [4.78, 5) is 12.8. The first-order valence-corrected chi connectivity index (χ1v) is 8.09. The molecule has 4 aromatic rings. The molecule has 0 atom stereocenters. The number of carbonyl (C=O) groups is 1. The third-order valence-corrected chi connectivity index (χ3v) is 4.23. The standard InChI is InChI=1S/C21H17NO3/c1-13-11-12-19(24-13)16-8-3-5-9-17(16)22-21(23)20-14(2)15-7-4-6-10-18(15)25-20/h3-12H,1-2H3,(H,22,23). The zero-order chi connectivity index (χ0) is 17.4. The number of carbonyl (C=O) groups excluding carboxylic acids is 1. The van der Waals surface area contributed by atoms with Crippen LogP contribution in [0.15, 0.2) is 69.5 Å². The van der Waals surface area contributed by atoms with Crippen LogP contribution in [0.25, 0.3) is 22.3 Å². The van der Waals surface area contributed by atoms with E-state index in [1.54, 1.807) is 0 Å². The molecular weight excluding hydrogens is 314 g/mol. The third kappa shape index (κ3) is 2.72. The highest BCUT2D eigenvalue weighted by Crippen LogP contribution is 2.31. The summed E-state index contributed by atoms with van der Waals surface area (Å²) in [6.07, 6.45) is 0. The van der Waals surface area contributed by atoms with E-state index in [9.17, 15) is 4.79 Å². The molecule has 4 heteroatoms. The second kappa shape index (κ2) is 5.98. The fraction of sp³-hybridized carbons (Fsp3) is 0.0952. The molecular formula is C21H17NO3. The lowest BCUT2D eigenvalue weighted by atomic mass is 10.1. The molecule has 1 N–H and O–H groups in total. The van der Waals surface area contributed by atoms with Crippen LogP contribution < -0.4 is 5.32 Å². The van der Waals surface area contributed by atoms with Crippen LogP contribution >= 0.6 is 0 Å². The third-order valence-electron chi connectivity index (χ3n) is 4.23. The largest absolute Gasteiger partial charge is 0.461 e. The van der Waals surface area contributed by atoms with Crippen molar-refractivity contribution in [1.82, 2.24) is 0 Å². The normalized spacial score (nSPS) is 11.0. The molecule has 0 saturated heterocycles. The van der Waals surface area contributed by atoms with Crippen molar-refractivity contribution >= 4 is 22.6 Å². The molecule has 124 valence electrons. The molecule has 2 heterocycles. The minimum absolute atomic E-state index is 0.274. The zero-order valence-corrected chi connectivity index (χ0v) is 14.0. The number of nitrogens with one attached hydrogen (secondary N) is 1. The number of hydrogen-bond donors (Lipinski definition) is 1. The van der Waals surface area contributed by atoms with Crippen LogP contribution in [0.4, 0.5) is 5.69 Å². The Labute approximate surface area is 145 Å². The maximum Gasteiger partial charge on any atom is 0.291 e. The van der Waals surface area contributed by atoms with E-state index in [1.165, 1.54) is 0 Å². The van der Waals surface area contributed by atoms with Gasteiger partial charge in [0.1, 0.15) is 17.1 Å². The quantitative estimate of drug-likeness (QED) is 0.534. The van der Waals surface area contributed by atoms with E-state index in [0.717, 1.165) is 28.0 Å². The summed E-state index contributed by atoms with van der Waals surface area (Å²) < 4.78 is 11.4. The SMILES string of the molecule is Cc1ccc(-c2ccccc2NC(=O)c2oc3ccccc3c2C)o1. The van der Waals surface area contributed by atoms with Crippen molar-refractivity contribution in [2.24, 2.45) is 0 Å². The molecule has 0 bridgehead atoms. The minimum atomic E-state index is -0.274. The minimum Gasteiger partial charge on any atom is -0.461 e. The van der Waals surface area contributed by atoms with Crippen LogP contribution in [0.1, 0.15) is 21.9 Å². The van der Waals surface area contributed by atoms with Crippen molar-refractivity contribution in [3.05, 3.63) is 77.7 Å². The Kier molecular flexibility index (Phi) is 3.65. The maximum absolute atomic E-state index is 12.8. The first-order chi connectivity index (χ1) is 12.1. The summed E-state index contributed by atoms with van der Waals surface area (Å²) in [7, 11) is 0. The van der Waals surface area contributed by atoms with Gasteiger partial charge in [-0.15, -0.1) is 0 Å². The number of rotatable bonds is 3. The van der Waals surface area contributed by atoms with E-state index in [-0.39, 0.29) is 5.91 Å². The number of amides is 1. The molecule has 0 aliphatic heterocycles. The zero-order valence-electron chi connectivity index (χ0n) is 14.0. The van der Waals surface area contributed by atoms with E-state index < -0.39 is 0 Å². The summed E-state index contributed by atoms with van der Waals surface area (Å²) in [5, 5.41) is 3.89. The van der Waals surface area contributed by atoms with Gasteiger partial charge < -0.3 is 14.2 Å². The molecule has 25 heavy (non-hydrogen) atoms. The van der Waals surface area contributed by atoms with Crippen molar-refractivity contribution in [1.29, 1.82) is 0 Å².